The minimum atomic E-state index is -0.563. The molecule has 0 saturated heterocycles. The topological polar surface area (TPSA) is 118 Å². The van der Waals surface area contributed by atoms with Gasteiger partial charge in [-0.1, -0.05) is 88.8 Å². The molecular formula is C30H24ClN7O2S2. The first kappa shape index (κ1) is 27.8. The maximum atomic E-state index is 13.6. The Balaban J connectivity index is 1.38. The molecule has 1 amide bonds. The minimum absolute atomic E-state index is 0.0292. The van der Waals surface area contributed by atoms with Crippen molar-refractivity contribution in [1.29, 1.82) is 5.41 Å². The lowest BCUT2D eigenvalue weighted by Gasteiger charge is -2.15. The molecule has 0 bridgehead atoms. The summed E-state index contributed by atoms with van der Waals surface area (Å²) in [6, 6.07) is 20.6. The van der Waals surface area contributed by atoms with Crippen molar-refractivity contribution in [2.45, 2.75) is 30.5 Å². The van der Waals surface area contributed by atoms with E-state index in [9.17, 15) is 9.59 Å². The van der Waals surface area contributed by atoms with Gasteiger partial charge in [0.15, 0.2) is 4.34 Å². The van der Waals surface area contributed by atoms with Crippen LogP contribution < -0.4 is 16.4 Å². The van der Waals surface area contributed by atoms with Crippen LogP contribution in [0.5, 0.6) is 0 Å². The number of nitrogens with zero attached hydrogens (tertiary/aromatic N) is 5. The van der Waals surface area contributed by atoms with Gasteiger partial charge in [0.25, 0.3) is 11.5 Å². The fourth-order valence-electron chi connectivity index (χ4n) is 4.54. The number of rotatable bonds is 7. The van der Waals surface area contributed by atoms with Crippen molar-refractivity contribution < 1.29 is 4.79 Å². The molecule has 0 aliphatic rings. The van der Waals surface area contributed by atoms with Gasteiger partial charge < -0.3 is 4.57 Å². The SMILES string of the molecule is Cc1ccc(Cn2c(=N)c(C(=O)Nc3nnc(SCc4ccccc4Cl)s3)cc3c(=O)n4cccc(C)c4nc32)cc1. The second-order valence-electron chi connectivity index (χ2n) is 9.72. The van der Waals surface area contributed by atoms with Gasteiger partial charge in [0, 0.05) is 17.0 Å². The maximum absolute atomic E-state index is 13.6. The molecule has 42 heavy (non-hydrogen) atoms. The van der Waals surface area contributed by atoms with E-state index < -0.39 is 5.91 Å². The molecule has 6 aromatic rings. The molecule has 4 aromatic heterocycles. The summed E-state index contributed by atoms with van der Waals surface area (Å²) in [6.45, 7) is 4.13. The predicted molar refractivity (Wildman–Crippen MR) is 167 cm³/mol. The Morgan fingerprint density at radius 1 is 1.05 bits per heavy atom. The monoisotopic (exact) mass is 613 g/mol. The number of pyridine rings is 2. The molecule has 0 radical (unpaired) electrons. The van der Waals surface area contributed by atoms with Crippen molar-refractivity contribution in [3.05, 3.63) is 122 Å². The number of halogens is 1. The molecule has 0 fully saturated rings. The van der Waals surface area contributed by atoms with Crippen LogP contribution in [-0.4, -0.2) is 30.1 Å². The van der Waals surface area contributed by atoms with Crippen LogP contribution in [0.4, 0.5) is 5.13 Å². The lowest BCUT2D eigenvalue weighted by Crippen LogP contribution is -2.32. The first-order chi connectivity index (χ1) is 20.3. The average molecular weight is 614 g/mol. The Kier molecular flexibility index (Phi) is 7.63. The summed E-state index contributed by atoms with van der Waals surface area (Å²) < 4.78 is 3.73. The van der Waals surface area contributed by atoms with E-state index >= 15 is 0 Å². The molecule has 0 spiro atoms. The van der Waals surface area contributed by atoms with Crippen molar-refractivity contribution in [1.82, 2.24) is 24.1 Å². The van der Waals surface area contributed by atoms with Crippen molar-refractivity contribution in [3.8, 4) is 0 Å². The number of carbonyl (C=O) groups is 1. The number of amides is 1. The Hall–Kier alpha value is -4.32. The quantitative estimate of drug-likeness (QED) is 0.133. The zero-order valence-electron chi connectivity index (χ0n) is 22.6. The molecule has 0 aliphatic carbocycles. The number of anilines is 1. The van der Waals surface area contributed by atoms with Gasteiger partial charge in [0.05, 0.1) is 17.5 Å². The summed E-state index contributed by atoms with van der Waals surface area (Å²) in [5.41, 5.74) is 4.29. The standard InChI is InChI=1S/C30H24ClN7O2S2/c1-17-9-11-19(12-10-17)15-38-24(32)21(14-22-26(38)33-25-18(2)6-5-13-37(25)28(22)40)27(39)34-29-35-36-30(42-29)41-16-20-7-3-4-8-23(20)31/h3-14,32H,15-16H2,1-2H3,(H,34,35,39). The third-order valence-electron chi connectivity index (χ3n) is 6.78. The van der Waals surface area contributed by atoms with Crippen LogP contribution in [0.2, 0.25) is 5.02 Å². The Bertz CT molecular complexity index is 2100. The van der Waals surface area contributed by atoms with Gasteiger partial charge >= 0.3 is 0 Å². The third kappa shape index (κ3) is 5.46. The van der Waals surface area contributed by atoms with Crippen LogP contribution in [0.3, 0.4) is 0 Å². The van der Waals surface area contributed by atoms with Gasteiger partial charge in [-0.25, -0.2) is 4.98 Å². The highest BCUT2D eigenvalue weighted by atomic mass is 35.5. The summed E-state index contributed by atoms with van der Waals surface area (Å²) in [5, 5.41) is 21.3. The van der Waals surface area contributed by atoms with E-state index in [-0.39, 0.29) is 33.7 Å². The number of carbonyl (C=O) groups excluding carboxylic acids is 1. The lowest BCUT2D eigenvalue weighted by molar-refractivity contribution is 0.102. The van der Waals surface area contributed by atoms with Gasteiger partial charge in [-0.15, -0.1) is 10.2 Å². The average Bonchev–Trinajstić information content (AvgIpc) is 3.43. The molecule has 4 heterocycles. The fourth-order valence-corrected chi connectivity index (χ4v) is 6.57. The number of thioether (sulfide) groups is 1. The van der Waals surface area contributed by atoms with Crippen LogP contribution in [0.1, 0.15) is 32.6 Å². The maximum Gasteiger partial charge on any atom is 0.267 e. The fraction of sp³-hybridized carbons (Fsp3) is 0.133. The Morgan fingerprint density at radius 3 is 2.62 bits per heavy atom. The highest BCUT2D eigenvalue weighted by molar-refractivity contribution is 8.00. The van der Waals surface area contributed by atoms with Crippen LogP contribution in [0.25, 0.3) is 16.7 Å². The van der Waals surface area contributed by atoms with Crippen LogP contribution in [0, 0.1) is 19.3 Å². The zero-order valence-corrected chi connectivity index (χ0v) is 25.0. The van der Waals surface area contributed by atoms with Crippen molar-refractivity contribution in [3.63, 3.8) is 0 Å². The third-order valence-corrected chi connectivity index (χ3v) is 9.16. The van der Waals surface area contributed by atoms with E-state index in [1.54, 1.807) is 16.8 Å². The lowest BCUT2D eigenvalue weighted by atomic mass is 10.1. The van der Waals surface area contributed by atoms with E-state index in [1.807, 2.05) is 68.4 Å². The second-order valence-corrected chi connectivity index (χ2v) is 12.3. The van der Waals surface area contributed by atoms with E-state index in [0.717, 1.165) is 22.3 Å². The summed E-state index contributed by atoms with van der Waals surface area (Å²) >= 11 is 8.94. The second kappa shape index (κ2) is 11.5. The smallest absolute Gasteiger partial charge is 0.267 e. The summed E-state index contributed by atoms with van der Waals surface area (Å²) in [5.74, 6) is 0.0415. The number of hydrogen-bond acceptors (Lipinski definition) is 8. The molecular weight excluding hydrogens is 590 g/mol. The zero-order chi connectivity index (χ0) is 29.4. The molecule has 12 heteroatoms. The number of fused-ring (bicyclic) bond motifs is 2. The molecule has 0 atom stereocenters. The van der Waals surface area contributed by atoms with E-state index in [2.05, 4.69) is 15.5 Å². The van der Waals surface area contributed by atoms with E-state index in [0.29, 0.717) is 26.4 Å². The number of aryl methyl sites for hydroxylation is 2. The number of nitrogens with one attached hydrogen (secondary N) is 2. The summed E-state index contributed by atoms with van der Waals surface area (Å²) in [4.78, 5) is 32.0. The normalized spacial score (nSPS) is 11.3. The first-order valence-corrected chi connectivity index (χ1v) is 15.1. The molecule has 2 aromatic carbocycles. The van der Waals surface area contributed by atoms with E-state index in [1.165, 1.54) is 33.6 Å². The summed E-state index contributed by atoms with van der Waals surface area (Å²) in [6.07, 6.45) is 1.65. The number of aromatic nitrogens is 5. The highest BCUT2D eigenvalue weighted by Gasteiger charge is 2.20. The van der Waals surface area contributed by atoms with Crippen molar-refractivity contribution >= 4 is 62.4 Å². The van der Waals surface area contributed by atoms with Gasteiger partial charge in [-0.2, -0.15) is 0 Å². The Labute approximate surface area is 253 Å². The molecule has 0 aliphatic heterocycles. The summed E-state index contributed by atoms with van der Waals surface area (Å²) in [7, 11) is 0. The first-order valence-electron chi connectivity index (χ1n) is 13.0. The Morgan fingerprint density at radius 2 is 1.83 bits per heavy atom. The molecule has 2 N–H and O–H groups in total. The molecule has 210 valence electrons. The van der Waals surface area contributed by atoms with Crippen LogP contribution in [0.15, 0.2) is 82.1 Å². The highest BCUT2D eigenvalue weighted by Crippen LogP contribution is 2.30. The minimum Gasteiger partial charge on any atom is -0.306 e. The van der Waals surface area contributed by atoms with Crippen molar-refractivity contribution in [2.24, 2.45) is 0 Å². The molecule has 0 unspecified atom stereocenters. The number of hydrogen-bond donors (Lipinski definition) is 2. The van der Waals surface area contributed by atoms with Crippen molar-refractivity contribution in [2.75, 3.05) is 5.32 Å². The van der Waals surface area contributed by atoms with Gasteiger partial charge in [0.2, 0.25) is 5.13 Å². The molecule has 0 saturated carbocycles. The van der Waals surface area contributed by atoms with Crippen LogP contribution in [-0.2, 0) is 12.3 Å². The van der Waals surface area contributed by atoms with Crippen LogP contribution >= 0.6 is 34.7 Å². The van der Waals surface area contributed by atoms with E-state index in [4.69, 9.17) is 22.0 Å². The predicted octanol–water partition coefficient (Wildman–Crippen LogP) is 5.84. The van der Waals surface area contributed by atoms with Gasteiger partial charge in [0.1, 0.15) is 16.8 Å². The largest absolute Gasteiger partial charge is 0.306 e. The van der Waals surface area contributed by atoms with Gasteiger partial charge in [-0.05, 0) is 48.7 Å². The van der Waals surface area contributed by atoms with Gasteiger partial charge in [-0.3, -0.25) is 24.7 Å². The number of benzene rings is 2. The molecule has 6 rings (SSSR count). The molecule has 9 nitrogen and oxygen atoms in total.